The predicted octanol–water partition coefficient (Wildman–Crippen LogP) is 0.846. The summed E-state index contributed by atoms with van der Waals surface area (Å²) in [5.41, 5.74) is 0.253. The molecule has 0 radical (unpaired) electrons. The van der Waals surface area contributed by atoms with E-state index in [1.54, 1.807) is 6.07 Å². The van der Waals surface area contributed by atoms with Crippen LogP contribution in [0.1, 0.15) is 84.9 Å². The fourth-order valence-electron chi connectivity index (χ4n) is 6.89. The number of nitrogens with one attached hydrogen (secondary N) is 6. The fourth-order valence-corrected chi connectivity index (χ4v) is 6.89. The molecule has 3 heterocycles. The van der Waals surface area contributed by atoms with Crippen LogP contribution in [0.25, 0.3) is 10.9 Å². The molecule has 0 unspecified atom stereocenters. The van der Waals surface area contributed by atoms with Gasteiger partial charge in [0.05, 0.1) is 41.5 Å². The molecule has 368 valence electrons. The molecule has 0 bridgehead atoms. The van der Waals surface area contributed by atoms with Crippen LogP contribution < -0.4 is 31.9 Å². The van der Waals surface area contributed by atoms with Gasteiger partial charge in [-0.3, -0.25) is 48.1 Å². The number of hydrogen-bond donors (Lipinski definition) is 9. The number of anilines is 1. The number of benzene rings is 1. The van der Waals surface area contributed by atoms with Crippen LogP contribution in [0, 0.1) is 17.3 Å². The van der Waals surface area contributed by atoms with E-state index in [-0.39, 0.29) is 53.5 Å². The molecule has 9 N–H and O–H groups in total. The lowest BCUT2D eigenvalue weighted by Crippen LogP contribution is -2.56. The second-order valence-electron chi connectivity index (χ2n) is 15.6. The van der Waals surface area contributed by atoms with Gasteiger partial charge >= 0.3 is 17.9 Å². The maximum absolute atomic E-state index is 13.8. The van der Waals surface area contributed by atoms with E-state index in [0.717, 1.165) is 12.3 Å². The predicted molar refractivity (Wildman–Crippen MR) is 230 cm³/mol. The number of aliphatic carboxylic acids is 3. The van der Waals surface area contributed by atoms with Crippen molar-refractivity contribution in [1.29, 1.82) is 5.26 Å². The van der Waals surface area contributed by atoms with Gasteiger partial charge in [0.1, 0.15) is 24.2 Å². The second kappa shape index (κ2) is 25.0. The number of carbonyl (C=O) groups excluding carboxylic acids is 7. The summed E-state index contributed by atoms with van der Waals surface area (Å²) in [6, 6.07) is 3.29. The van der Waals surface area contributed by atoms with Crippen LogP contribution in [0.4, 0.5) is 18.9 Å². The summed E-state index contributed by atoms with van der Waals surface area (Å²) >= 11 is 0. The monoisotopic (exact) mass is 967 g/mol. The summed E-state index contributed by atoms with van der Waals surface area (Å²) in [4.78, 5) is 134. The number of carboxylic acids is 3. The number of amides is 7. The molecule has 1 aromatic carbocycles. The SMILES string of the molecule is N#C[C@@H]1CC(F)(F)CN1C(=O)CNC(=O)c1ccnc2c(NC(=O)CCC(=O)N[C@@H](CCC(=O)O)C(=O)N[C@@H](CCC(=O)O)C(=O)N[C@@H](CCCCNC(=O)c3ccc([18F])nc3)C(=O)O)cccc12. The number of pyridine rings is 2. The molecule has 1 aliphatic rings. The molecular weight excluding hydrogens is 921 g/mol. The number of hydrogen-bond acceptors (Lipinski definition) is 13. The average molecular weight is 968 g/mol. The summed E-state index contributed by atoms with van der Waals surface area (Å²) in [6.45, 7) is -1.60. The van der Waals surface area contributed by atoms with E-state index in [0.29, 0.717) is 4.90 Å². The number of alkyl halides is 2. The van der Waals surface area contributed by atoms with Crippen molar-refractivity contribution < 1.29 is 76.4 Å². The summed E-state index contributed by atoms with van der Waals surface area (Å²) in [7, 11) is 0. The molecule has 1 aliphatic heterocycles. The molecule has 4 rings (SSSR count). The standard InChI is InChI=1S/C43H47F3N10O13/c44-31-10-7-23(20-50-31)38(64)49-16-2-1-5-30(42(68)69)55-41(67)29(9-14-36(62)63)54-40(66)28(8-13-35(60)61)53-33(58)12-11-32(57)52-27-6-3-4-25-26(15-17-48-37(25)27)39(65)51-21-34(59)56-22-43(45,46)18-24(56)19-47/h3-4,6-7,10,15,17,20,24,28-30H,1-2,5,8-9,11-14,16,18,21-22H2,(H,49,64)(H,51,65)(H,52,57)(H,53,58)(H,54,66)(H,55,67)(H,60,61)(H,62,63)(H,68,69)/t24-,28-,29-,30-/m0/s1/i44-1. The van der Waals surface area contributed by atoms with Crippen LogP contribution in [-0.4, -0.2) is 139 Å². The van der Waals surface area contributed by atoms with E-state index in [1.807, 2.05) is 0 Å². The van der Waals surface area contributed by atoms with Gasteiger partial charge in [0, 0.05) is 56.4 Å². The van der Waals surface area contributed by atoms with Crippen molar-refractivity contribution in [2.45, 2.75) is 94.3 Å². The molecule has 23 nitrogen and oxygen atoms in total. The highest BCUT2D eigenvalue weighted by Gasteiger charge is 2.47. The van der Waals surface area contributed by atoms with Crippen molar-refractivity contribution in [3.8, 4) is 6.07 Å². The molecular formula is C43H47F3N10O13. The molecule has 2 aromatic heterocycles. The van der Waals surface area contributed by atoms with E-state index in [1.165, 1.54) is 36.5 Å². The zero-order valence-electron chi connectivity index (χ0n) is 36.5. The zero-order valence-corrected chi connectivity index (χ0v) is 36.5. The molecule has 0 saturated carbocycles. The Morgan fingerprint density at radius 1 is 0.768 bits per heavy atom. The highest BCUT2D eigenvalue weighted by Crippen LogP contribution is 2.31. The third-order valence-electron chi connectivity index (χ3n) is 10.4. The number of nitrogens with zero attached hydrogens (tertiary/aromatic N) is 4. The smallest absolute Gasteiger partial charge is 0.326 e. The number of likely N-dealkylation sites (tertiary alicyclic amines) is 1. The zero-order chi connectivity index (χ0) is 50.8. The van der Waals surface area contributed by atoms with Gasteiger partial charge in [0.15, 0.2) is 0 Å². The van der Waals surface area contributed by atoms with E-state index in [4.69, 9.17) is 0 Å². The van der Waals surface area contributed by atoms with Crippen molar-refractivity contribution in [3.63, 3.8) is 0 Å². The Bertz CT molecular complexity index is 2490. The number of unbranched alkanes of at least 4 members (excludes halogenated alkanes) is 1. The summed E-state index contributed by atoms with van der Waals surface area (Å²) in [5.74, 6) is -14.5. The van der Waals surface area contributed by atoms with Crippen LogP contribution >= 0.6 is 0 Å². The van der Waals surface area contributed by atoms with Gasteiger partial charge in [-0.25, -0.2) is 18.6 Å². The van der Waals surface area contributed by atoms with Gasteiger partial charge in [0.2, 0.25) is 35.5 Å². The third-order valence-corrected chi connectivity index (χ3v) is 10.4. The first-order chi connectivity index (χ1) is 32.7. The molecule has 69 heavy (non-hydrogen) atoms. The summed E-state index contributed by atoms with van der Waals surface area (Å²) in [5, 5.41) is 52.0. The van der Waals surface area contributed by atoms with Crippen LogP contribution in [0.15, 0.2) is 48.8 Å². The lowest BCUT2D eigenvalue weighted by Gasteiger charge is -2.24. The largest absolute Gasteiger partial charge is 0.481 e. The molecule has 0 spiro atoms. The number of aromatic nitrogens is 2. The maximum atomic E-state index is 13.8. The van der Waals surface area contributed by atoms with Crippen molar-refractivity contribution in [2.24, 2.45) is 0 Å². The summed E-state index contributed by atoms with van der Waals surface area (Å²) < 4.78 is 40.7. The highest BCUT2D eigenvalue weighted by atomic mass is 19.3. The lowest BCUT2D eigenvalue weighted by atomic mass is 10.1. The lowest BCUT2D eigenvalue weighted by molar-refractivity contribution is -0.143. The quantitative estimate of drug-likeness (QED) is 0.0420. The number of carbonyl (C=O) groups is 10. The Morgan fingerprint density at radius 3 is 2.04 bits per heavy atom. The van der Waals surface area contributed by atoms with Crippen LogP contribution in [0.3, 0.4) is 0 Å². The number of rotatable bonds is 25. The van der Waals surface area contributed by atoms with Crippen molar-refractivity contribution in [1.82, 2.24) is 41.5 Å². The molecule has 1 fully saturated rings. The normalized spacial score (nSPS) is 15.0. The molecule has 4 atom stereocenters. The number of fused-ring (bicyclic) bond motifs is 1. The number of carboxylic acid groups (broad SMARTS) is 3. The summed E-state index contributed by atoms with van der Waals surface area (Å²) in [6.07, 6.45) is -1.89. The van der Waals surface area contributed by atoms with E-state index >= 15 is 0 Å². The minimum Gasteiger partial charge on any atom is -0.481 e. The second-order valence-corrected chi connectivity index (χ2v) is 15.6. The Kier molecular flexibility index (Phi) is 19.4. The fraction of sp³-hybridized carbons (Fsp3) is 0.419. The highest BCUT2D eigenvalue weighted by molar-refractivity contribution is 6.11. The van der Waals surface area contributed by atoms with E-state index < -0.39 is 153 Å². The molecule has 1 saturated heterocycles. The van der Waals surface area contributed by atoms with E-state index in [9.17, 15) is 81.7 Å². The van der Waals surface area contributed by atoms with E-state index in [2.05, 4.69) is 41.9 Å². The van der Waals surface area contributed by atoms with Crippen LogP contribution in [-0.2, 0) is 38.4 Å². The maximum Gasteiger partial charge on any atom is 0.326 e. The Labute approximate surface area is 389 Å². The minimum atomic E-state index is -3.26. The van der Waals surface area contributed by atoms with Gasteiger partial charge < -0.3 is 52.1 Å². The van der Waals surface area contributed by atoms with Gasteiger partial charge in [0.25, 0.3) is 17.7 Å². The minimum absolute atomic E-state index is 0.0137. The first kappa shape index (κ1) is 53.4. The molecule has 3 aromatic rings. The van der Waals surface area contributed by atoms with Gasteiger partial charge in [-0.15, -0.1) is 0 Å². The van der Waals surface area contributed by atoms with Crippen LogP contribution in [0.5, 0.6) is 0 Å². The number of para-hydroxylation sites is 1. The van der Waals surface area contributed by atoms with Crippen molar-refractivity contribution in [2.75, 3.05) is 25.0 Å². The first-order valence-electron chi connectivity index (χ1n) is 21.2. The van der Waals surface area contributed by atoms with Crippen molar-refractivity contribution in [3.05, 3.63) is 65.9 Å². The Balaban J connectivity index is 1.33. The van der Waals surface area contributed by atoms with Crippen LogP contribution in [0.2, 0.25) is 0 Å². The molecule has 0 aliphatic carbocycles. The van der Waals surface area contributed by atoms with Gasteiger partial charge in [-0.1, -0.05) is 12.1 Å². The number of nitriles is 1. The molecule has 7 amide bonds. The van der Waals surface area contributed by atoms with Crippen molar-refractivity contribution >= 4 is 75.8 Å². The third kappa shape index (κ3) is 16.5. The Hall–Kier alpha value is -8.24. The van der Waals surface area contributed by atoms with Gasteiger partial charge in [-0.2, -0.15) is 9.65 Å². The number of halogens is 3. The Morgan fingerprint density at radius 2 is 1.42 bits per heavy atom. The first-order valence-corrected chi connectivity index (χ1v) is 21.2. The average Bonchev–Trinajstić information content (AvgIpc) is 3.63. The van der Waals surface area contributed by atoms with Gasteiger partial charge in [-0.05, 0) is 56.4 Å². The molecule has 26 heteroatoms. The topological polar surface area (TPSA) is 356 Å².